The monoisotopic (exact) mass is 250 g/mol. The molecule has 0 saturated heterocycles. The Morgan fingerprint density at radius 2 is 1.59 bits per heavy atom. The van der Waals surface area contributed by atoms with Gasteiger partial charge in [0.15, 0.2) is 17.4 Å². The van der Waals surface area contributed by atoms with Crippen molar-refractivity contribution in [2.75, 3.05) is 7.11 Å². The average molecular weight is 250 g/mol. The number of hydrogen-bond donors (Lipinski definition) is 1. The molecule has 0 saturated carbocycles. The van der Waals surface area contributed by atoms with Crippen LogP contribution in [-0.4, -0.2) is 18.2 Å². The van der Waals surface area contributed by atoms with Crippen molar-refractivity contribution in [1.29, 1.82) is 0 Å². The number of halogens is 4. The second-order valence-corrected chi connectivity index (χ2v) is 2.87. The van der Waals surface area contributed by atoms with E-state index < -0.39 is 40.6 Å². The molecular formula is C10H6F4O3. The van der Waals surface area contributed by atoms with Gasteiger partial charge in [0.2, 0.25) is 11.6 Å². The number of methoxy groups -OCH3 is 1. The zero-order valence-corrected chi connectivity index (χ0v) is 8.43. The van der Waals surface area contributed by atoms with E-state index in [-0.39, 0.29) is 0 Å². The van der Waals surface area contributed by atoms with Gasteiger partial charge in [0.1, 0.15) is 0 Å². The molecule has 1 aromatic rings. The highest BCUT2D eigenvalue weighted by Crippen LogP contribution is 2.30. The van der Waals surface area contributed by atoms with E-state index in [0.29, 0.717) is 12.2 Å². The fraction of sp³-hybridized carbons (Fsp3) is 0.100. The molecule has 1 aromatic carbocycles. The van der Waals surface area contributed by atoms with Crippen molar-refractivity contribution < 1.29 is 32.2 Å². The minimum atomic E-state index is -1.73. The molecule has 0 aromatic heterocycles. The normalized spacial score (nSPS) is 10.9. The van der Waals surface area contributed by atoms with Gasteiger partial charge in [-0.1, -0.05) is 0 Å². The summed E-state index contributed by atoms with van der Waals surface area (Å²) in [5.74, 6) is -9.61. The molecular weight excluding hydrogens is 244 g/mol. The Morgan fingerprint density at radius 3 is 1.94 bits per heavy atom. The first-order valence-corrected chi connectivity index (χ1v) is 4.21. The van der Waals surface area contributed by atoms with Crippen LogP contribution in [0.2, 0.25) is 0 Å². The van der Waals surface area contributed by atoms with Gasteiger partial charge < -0.3 is 9.84 Å². The fourth-order valence-electron chi connectivity index (χ4n) is 1.11. The molecule has 1 rings (SSSR count). The zero-order valence-electron chi connectivity index (χ0n) is 8.43. The van der Waals surface area contributed by atoms with E-state index in [9.17, 15) is 22.4 Å². The molecule has 3 nitrogen and oxygen atoms in total. The molecule has 17 heavy (non-hydrogen) atoms. The first-order chi connectivity index (χ1) is 7.90. The summed E-state index contributed by atoms with van der Waals surface area (Å²) in [4.78, 5) is 10.1. The van der Waals surface area contributed by atoms with Crippen molar-refractivity contribution in [3.8, 4) is 5.75 Å². The zero-order chi connectivity index (χ0) is 13.2. The number of hydrogen-bond acceptors (Lipinski definition) is 2. The van der Waals surface area contributed by atoms with Crippen LogP contribution in [0, 0.1) is 23.3 Å². The van der Waals surface area contributed by atoms with Gasteiger partial charge in [0.25, 0.3) is 0 Å². The van der Waals surface area contributed by atoms with Crippen molar-refractivity contribution in [3.05, 3.63) is 34.9 Å². The molecule has 0 heterocycles. The minimum absolute atomic E-state index is 0.354. The van der Waals surface area contributed by atoms with Gasteiger partial charge in [0, 0.05) is 6.08 Å². The van der Waals surface area contributed by atoms with E-state index >= 15 is 0 Å². The molecule has 0 radical (unpaired) electrons. The van der Waals surface area contributed by atoms with E-state index in [1.807, 2.05) is 0 Å². The van der Waals surface area contributed by atoms with Crippen LogP contribution in [0.4, 0.5) is 17.6 Å². The number of carboxylic acids is 1. The molecule has 0 bridgehead atoms. The molecule has 0 unspecified atom stereocenters. The Hall–Kier alpha value is -2.05. The lowest BCUT2D eigenvalue weighted by molar-refractivity contribution is -0.131. The third-order valence-corrected chi connectivity index (χ3v) is 1.85. The highest BCUT2D eigenvalue weighted by atomic mass is 19.2. The first kappa shape index (κ1) is 13.0. The van der Waals surface area contributed by atoms with Gasteiger partial charge in [-0.15, -0.1) is 0 Å². The van der Waals surface area contributed by atoms with Crippen LogP contribution in [0.3, 0.4) is 0 Å². The maximum Gasteiger partial charge on any atom is 0.328 e. The summed E-state index contributed by atoms with van der Waals surface area (Å²) in [5.41, 5.74) is -1.12. The minimum Gasteiger partial charge on any atom is -0.491 e. The third kappa shape index (κ3) is 2.38. The summed E-state index contributed by atoms with van der Waals surface area (Å²) in [6.07, 6.45) is 0.769. The Balaban J connectivity index is 3.48. The van der Waals surface area contributed by atoms with Crippen molar-refractivity contribution in [1.82, 2.24) is 0 Å². The Bertz CT molecular complexity index is 468. The summed E-state index contributed by atoms with van der Waals surface area (Å²) in [6.45, 7) is 0. The number of ether oxygens (including phenoxy) is 1. The standard InChI is InChI=1S/C10H6F4O3/c1-17-10-8(13)6(11)4(2-3-5(15)16)7(12)9(10)14/h2-3H,1H3,(H,15,16)/b3-2+. The molecule has 7 heteroatoms. The van der Waals surface area contributed by atoms with Crippen molar-refractivity contribution in [2.45, 2.75) is 0 Å². The largest absolute Gasteiger partial charge is 0.491 e. The van der Waals surface area contributed by atoms with Crippen LogP contribution >= 0.6 is 0 Å². The number of carbonyl (C=O) groups is 1. The van der Waals surface area contributed by atoms with Gasteiger partial charge in [0.05, 0.1) is 12.7 Å². The maximum atomic E-state index is 13.2. The van der Waals surface area contributed by atoms with Crippen LogP contribution in [0.5, 0.6) is 5.75 Å². The van der Waals surface area contributed by atoms with E-state index in [1.54, 1.807) is 0 Å². The summed E-state index contributed by atoms with van der Waals surface area (Å²) in [7, 11) is 0.840. The van der Waals surface area contributed by atoms with Crippen LogP contribution in [0.1, 0.15) is 5.56 Å². The Morgan fingerprint density at radius 1 is 1.12 bits per heavy atom. The lowest BCUT2D eigenvalue weighted by Gasteiger charge is -2.08. The van der Waals surface area contributed by atoms with Crippen molar-refractivity contribution in [2.24, 2.45) is 0 Å². The Labute approximate surface area is 92.9 Å². The number of aliphatic carboxylic acids is 1. The van der Waals surface area contributed by atoms with Gasteiger partial charge in [-0.25, -0.2) is 13.6 Å². The highest BCUT2D eigenvalue weighted by molar-refractivity contribution is 5.85. The lowest BCUT2D eigenvalue weighted by Crippen LogP contribution is -2.04. The number of rotatable bonds is 3. The molecule has 0 fully saturated rings. The second-order valence-electron chi connectivity index (χ2n) is 2.87. The number of benzene rings is 1. The fourth-order valence-corrected chi connectivity index (χ4v) is 1.11. The predicted octanol–water partition coefficient (Wildman–Crippen LogP) is 2.35. The SMILES string of the molecule is COc1c(F)c(F)c(/C=C/C(=O)O)c(F)c1F. The van der Waals surface area contributed by atoms with E-state index in [4.69, 9.17) is 5.11 Å². The van der Waals surface area contributed by atoms with Gasteiger partial charge in [-0.3, -0.25) is 0 Å². The second kappa shape index (κ2) is 4.86. The Kier molecular flexibility index (Phi) is 3.72. The molecule has 0 aliphatic carbocycles. The van der Waals surface area contributed by atoms with E-state index in [1.165, 1.54) is 0 Å². The van der Waals surface area contributed by atoms with E-state index in [0.717, 1.165) is 7.11 Å². The highest BCUT2D eigenvalue weighted by Gasteiger charge is 2.24. The smallest absolute Gasteiger partial charge is 0.328 e. The molecule has 92 valence electrons. The molecule has 0 amide bonds. The van der Waals surface area contributed by atoms with Crippen molar-refractivity contribution >= 4 is 12.0 Å². The average Bonchev–Trinajstić information content (AvgIpc) is 2.27. The van der Waals surface area contributed by atoms with Crippen LogP contribution in [0.25, 0.3) is 6.08 Å². The van der Waals surface area contributed by atoms with E-state index in [2.05, 4.69) is 4.74 Å². The molecule has 0 aliphatic rings. The van der Waals surface area contributed by atoms with Gasteiger partial charge in [-0.2, -0.15) is 8.78 Å². The summed E-state index contributed by atoms with van der Waals surface area (Å²) < 4.78 is 56.9. The molecule has 0 spiro atoms. The first-order valence-electron chi connectivity index (χ1n) is 4.21. The maximum absolute atomic E-state index is 13.2. The lowest BCUT2D eigenvalue weighted by atomic mass is 10.1. The van der Waals surface area contributed by atoms with Crippen LogP contribution < -0.4 is 4.74 Å². The topological polar surface area (TPSA) is 46.5 Å². The third-order valence-electron chi connectivity index (χ3n) is 1.85. The van der Waals surface area contributed by atoms with Crippen LogP contribution in [-0.2, 0) is 4.79 Å². The quantitative estimate of drug-likeness (QED) is 0.509. The summed E-state index contributed by atoms with van der Waals surface area (Å²) >= 11 is 0. The van der Waals surface area contributed by atoms with Crippen LogP contribution in [0.15, 0.2) is 6.08 Å². The molecule has 0 atom stereocenters. The van der Waals surface area contributed by atoms with Gasteiger partial charge >= 0.3 is 5.97 Å². The molecule has 1 N–H and O–H groups in total. The predicted molar refractivity (Wildman–Crippen MR) is 49.5 cm³/mol. The van der Waals surface area contributed by atoms with Gasteiger partial charge in [-0.05, 0) is 6.08 Å². The number of carboxylic acid groups (broad SMARTS) is 1. The van der Waals surface area contributed by atoms with Crippen molar-refractivity contribution in [3.63, 3.8) is 0 Å². The summed E-state index contributed by atoms with van der Waals surface area (Å²) in [6, 6.07) is 0. The summed E-state index contributed by atoms with van der Waals surface area (Å²) in [5, 5.41) is 8.25. The molecule has 0 aliphatic heterocycles.